The second-order valence-electron chi connectivity index (χ2n) is 7.23. The Morgan fingerprint density at radius 1 is 1.00 bits per heavy atom. The minimum Gasteiger partial charge on any atom is -0.505 e. The fraction of sp³-hybridized carbons (Fsp3) is 0.562. The van der Waals surface area contributed by atoms with E-state index in [9.17, 15) is 5.11 Å². The van der Waals surface area contributed by atoms with Crippen molar-refractivity contribution in [3.05, 3.63) is 23.1 Å². The van der Waals surface area contributed by atoms with Crippen molar-refractivity contribution in [2.45, 2.75) is 59.3 Å². The molecule has 0 saturated carbocycles. The summed E-state index contributed by atoms with van der Waals surface area (Å²) in [7, 11) is 0. The molecular formula is C16H23NO2. The van der Waals surface area contributed by atoms with Gasteiger partial charge in [0.2, 0.25) is 0 Å². The number of hydrogen-bond donors (Lipinski definition) is 1. The van der Waals surface area contributed by atoms with E-state index in [0.29, 0.717) is 17.0 Å². The average Bonchev–Trinajstić information content (AvgIpc) is 2.56. The number of fused-ring (bicyclic) bond motifs is 1. The number of rotatable bonds is 0. The Bertz CT molecular complexity index is 625. The molecule has 1 aromatic heterocycles. The third kappa shape index (κ3) is 2.34. The highest BCUT2D eigenvalue weighted by atomic mass is 16.3. The van der Waals surface area contributed by atoms with Gasteiger partial charge in [-0.3, -0.25) is 0 Å². The summed E-state index contributed by atoms with van der Waals surface area (Å²) in [5, 5.41) is 10.5. The smallest absolute Gasteiger partial charge is 0.192 e. The van der Waals surface area contributed by atoms with E-state index >= 15 is 0 Å². The molecule has 3 heteroatoms. The largest absolute Gasteiger partial charge is 0.505 e. The maximum absolute atomic E-state index is 10.5. The van der Waals surface area contributed by atoms with Crippen LogP contribution in [0.1, 0.15) is 58.6 Å². The van der Waals surface area contributed by atoms with Gasteiger partial charge in [-0.2, -0.15) is 0 Å². The van der Waals surface area contributed by atoms with Gasteiger partial charge in [0.25, 0.3) is 0 Å². The first kappa shape index (κ1) is 13.9. The third-order valence-electron chi connectivity index (χ3n) is 3.36. The molecule has 0 radical (unpaired) electrons. The van der Waals surface area contributed by atoms with Crippen LogP contribution in [0, 0.1) is 6.92 Å². The fourth-order valence-electron chi connectivity index (χ4n) is 2.30. The van der Waals surface area contributed by atoms with E-state index in [0.717, 1.165) is 11.1 Å². The van der Waals surface area contributed by atoms with E-state index in [2.05, 4.69) is 52.6 Å². The van der Waals surface area contributed by atoms with Crippen LogP contribution in [0.2, 0.25) is 0 Å². The van der Waals surface area contributed by atoms with Crippen molar-refractivity contribution in [1.82, 2.24) is 4.98 Å². The normalized spacial score (nSPS) is 13.2. The molecule has 0 atom stereocenters. The topological polar surface area (TPSA) is 46.3 Å². The number of phenolic OH excluding ortho intramolecular Hbond substituents is 1. The van der Waals surface area contributed by atoms with Crippen molar-refractivity contribution >= 4 is 11.1 Å². The Balaban J connectivity index is 2.92. The Morgan fingerprint density at radius 3 is 2.00 bits per heavy atom. The summed E-state index contributed by atoms with van der Waals surface area (Å²) in [6, 6.07) is 2.06. The summed E-state index contributed by atoms with van der Waals surface area (Å²) in [5.41, 5.74) is 3.10. The number of benzene rings is 1. The SMILES string of the molecule is Cc1nc2c(O)c(C(C)(C)C)cc(C(C)(C)C)c2o1. The van der Waals surface area contributed by atoms with Gasteiger partial charge in [-0.25, -0.2) is 4.98 Å². The van der Waals surface area contributed by atoms with Crippen LogP contribution in [0.25, 0.3) is 11.1 Å². The molecule has 0 saturated heterocycles. The third-order valence-corrected chi connectivity index (χ3v) is 3.36. The zero-order valence-electron chi connectivity index (χ0n) is 12.9. The minimum absolute atomic E-state index is 0.0576. The van der Waals surface area contributed by atoms with Gasteiger partial charge in [-0.1, -0.05) is 41.5 Å². The molecule has 1 N–H and O–H groups in total. The molecule has 0 aliphatic rings. The van der Waals surface area contributed by atoms with Crippen LogP contribution in [-0.2, 0) is 10.8 Å². The van der Waals surface area contributed by atoms with Gasteiger partial charge in [0.05, 0.1) is 0 Å². The average molecular weight is 261 g/mol. The zero-order chi connectivity index (χ0) is 14.6. The summed E-state index contributed by atoms with van der Waals surface area (Å²) >= 11 is 0. The van der Waals surface area contributed by atoms with E-state index in [-0.39, 0.29) is 16.6 Å². The van der Waals surface area contributed by atoms with Crippen LogP contribution in [0.15, 0.2) is 10.5 Å². The maximum atomic E-state index is 10.5. The highest BCUT2D eigenvalue weighted by molar-refractivity contribution is 5.85. The Morgan fingerprint density at radius 2 is 1.53 bits per heavy atom. The highest BCUT2D eigenvalue weighted by Gasteiger charge is 2.28. The predicted molar refractivity (Wildman–Crippen MR) is 77.8 cm³/mol. The molecule has 2 rings (SSSR count). The van der Waals surface area contributed by atoms with Crippen LogP contribution in [0.4, 0.5) is 0 Å². The van der Waals surface area contributed by atoms with E-state index in [1.807, 2.05) is 6.92 Å². The number of aryl methyl sites for hydroxylation is 1. The van der Waals surface area contributed by atoms with Gasteiger partial charge in [-0.05, 0) is 16.9 Å². The second kappa shape index (κ2) is 3.99. The van der Waals surface area contributed by atoms with Crippen molar-refractivity contribution in [2.24, 2.45) is 0 Å². The summed E-state index contributed by atoms with van der Waals surface area (Å²) in [5.74, 6) is 0.828. The lowest BCUT2D eigenvalue weighted by molar-refractivity contribution is 0.449. The van der Waals surface area contributed by atoms with Crippen molar-refractivity contribution in [2.75, 3.05) is 0 Å². The van der Waals surface area contributed by atoms with Crippen molar-refractivity contribution in [3.63, 3.8) is 0 Å². The molecule has 0 amide bonds. The van der Waals surface area contributed by atoms with E-state index in [1.165, 1.54) is 0 Å². The number of oxazole rings is 1. The Hall–Kier alpha value is -1.51. The van der Waals surface area contributed by atoms with Gasteiger partial charge in [0.15, 0.2) is 17.0 Å². The number of aromatic nitrogens is 1. The van der Waals surface area contributed by atoms with Crippen molar-refractivity contribution in [3.8, 4) is 5.75 Å². The highest BCUT2D eigenvalue weighted by Crippen LogP contribution is 2.41. The molecule has 2 aromatic rings. The molecule has 0 unspecified atom stereocenters. The molecule has 3 nitrogen and oxygen atoms in total. The lowest BCUT2D eigenvalue weighted by Gasteiger charge is -2.25. The predicted octanol–water partition coefficient (Wildman–Crippen LogP) is 4.44. The molecule has 19 heavy (non-hydrogen) atoms. The molecule has 0 aliphatic heterocycles. The Labute approximate surface area is 114 Å². The monoisotopic (exact) mass is 261 g/mol. The molecular weight excluding hydrogens is 238 g/mol. The van der Waals surface area contributed by atoms with Gasteiger partial charge in [-0.15, -0.1) is 0 Å². The maximum Gasteiger partial charge on any atom is 0.192 e. The Kier molecular flexibility index (Phi) is 2.92. The standard InChI is InChI=1S/C16H23NO2/c1-9-17-12-13(18)10(15(2,3)4)8-11(14(12)19-9)16(5,6)7/h8,18H,1-7H3. The van der Waals surface area contributed by atoms with Crippen molar-refractivity contribution < 1.29 is 9.52 Å². The van der Waals surface area contributed by atoms with Crippen LogP contribution in [-0.4, -0.2) is 10.1 Å². The number of hydrogen-bond acceptors (Lipinski definition) is 3. The van der Waals surface area contributed by atoms with Gasteiger partial charge >= 0.3 is 0 Å². The molecule has 0 fully saturated rings. The van der Waals surface area contributed by atoms with Gasteiger partial charge < -0.3 is 9.52 Å². The first-order valence-corrected chi connectivity index (χ1v) is 6.66. The molecule has 0 bridgehead atoms. The number of nitrogens with zero attached hydrogens (tertiary/aromatic N) is 1. The van der Waals surface area contributed by atoms with E-state index < -0.39 is 0 Å². The van der Waals surface area contributed by atoms with Crippen LogP contribution < -0.4 is 0 Å². The lowest BCUT2D eigenvalue weighted by Crippen LogP contribution is -2.16. The molecule has 0 aliphatic carbocycles. The molecule has 104 valence electrons. The fourth-order valence-corrected chi connectivity index (χ4v) is 2.30. The van der Waals surface area contributed by atoms with Gasteiger partial charge in [0, 0.05) is 18.1 Å². The number of phenols is 1. The zero-order valence-corrected chi connectivity index (χ0v) is 12.9. The summed E-state index contributed by atoms with van der Waals surface area (Å²) in [6.07, 6.45) is 0. The lowest BCUT2D eigenvalue weighted by atomic mass is 9.79. The molecule has 1 heterocycles. The molecule has 1 aromatic carbocycles. The minimum atomic E-state index is -0.134. The van der Waals surface area contributed by atoms with E-state index in [4.69, 9.17) is 4.42 Å². The van der Waals surface area contributed by atoms with Crippen LogP contribution in [0.3, 0.4) is 0 Å². The van der Waals surface area contributed by atoms with Crippen LogP contribution in [0.5, 0.6) is 5.75 Å². The van der Waals surface area contributed by atoms with Gasteiger partial charge in [0.1, 0.15) is 5.75 Å². The first-order valence-electron chi connectivity index (χ1n) is 6.66. The van der Waals surface area contributed by atoms with E-state index in [1.54, 1.807) is 0 Å². The van der Waals surface area contributed by atoms with Crippen LogP contribution >= 0.6 is 0 Å². The quantitative estimate of drug-likeness (QED) is 0.762. The second-order valence-corrected chi connectivity index (χ2v) is 7.23. The summed E-state index contributed by atoms with van der Waals surface area (Å²) in [4.78, 5) is 4.34. The summed E-state index contributed by atoms with van der Waals surface area (Å²) in [6.45, 7) is 14.5. The molecule has 0 spiro atoms. The number of aromatic hydroxyl groups is 1. The first-order chi connectivity index (χ1) is 8.51. The summed E-state index contributed by atoms with van der Waals surface area (Å²) < 4.78 is 5.70. The van der Waals surface area contributed by atoms with Crippen molar-refractivity contribution in [1.29, 1.82) is 0 Å².